The van der Waals surface area contributed by atoms with E-state index < -0.39 is 17.8 Å². The standard InChI is InChI=1S/C14H15BrO3/c15-10-7-5-9(6-8-10)13(16)11-3-1-2-4-12(11)14(17)18/h5-8,11-12H,1-4H2,(H,17,18)/p-1/t11-,12-/m0/s1. The first-order valence-electron chi connectivity index (χ1n) is 6.10. The van der Waals surface area contributed by atoms with Crippen molar-refractivity contribution in [2.24, 2.45) is 11.8 Å². The van der Waals surface area contributed by atoms with Crippen LogP contribution >= 0.6 is 15.9 Å². The van der Waals surface area contributed by atoms with Gasteiger partial charge in [0.2, 0.25) is 0 Å². The van der Waals surface area contributed by atoms with Crippen LogP contribution in [0.15, 0.2) is 28.7 Å². The molecule has 1 aromatic rings. The number of hydrogen-bond donors (Lipinski definition) is 0. The summed E-state index contributed by atoms with van der Waals surface area (Å²) in [5.41, 5.74) is 0.580. The minimum atomic E-state index is -1.09. The van der Waals surface area contributed by atoms with Gasteiger partial charge in [0.15, 0.2) is 5.78 Å². The Morgan fingerprint density at radius 2 is 1.61 bits per heavy atom. The number of carboxylic acids is 1. The number of hydrogen-bond acceptors (Lipinski definition) is 3. The highest BCUT2D eigenvalue weighted by molar-refractivity contribution is 9.10. The van der Waals surface area contributed by atoms with Crippen LogP contribution in [-0.2, 0) is 4.79 Å². The molecule has 4 heteroatoms. The number of carbonyl (C=O) groups excluding carboxylic acids is 2. The van der Waals surface area contributed by atoms with Gasteiger partial charge in [0.1, 0.15) is 0 Å². The third kappa shape index (κ3) is 2.80. The van der Waals surface area contributed by atoms with Crippen molar-refractivity contribution >= 4 is 27.7 Å². The zero-order valence-electron chi connectivity index (χ0n) is 9.90. The van der Waals surface area contributed by atoms with Crippen LogP contribution in [0.3, 0.4) is 0 Å². The predicted molar refractivity (Wildman–Crippen MR) is 68.9 cm³/mol. The molecule has 2 atom stereocenters. The fourth-order valence-electron chi connectivity index (χ4n) is 2.56. The molecule has 0 amide bonds. The molecule has 3 nitrogen and oxygen atoms in total. The van der Waals surface area contributed by atoms with Crippen LogP contribution in [0, 0.1) is 11.8 Å². The fourth-order valence-corrected chi connectivity index (χ4v) is 2.82. The molecular weight excluding hydrogens is 296 g/mol. The zero-order chi connectivity index (χ0) is 13.1. The molecule has 2 rings (SSSR count). The molecule has 1 fully saturated rings. The van der Waals surface area contributed by atoms with Crippen LogP contribution in [0.1, 0.15) is 36.0 Å². The second-order valence-corrected chi connectivity index (χ2v) is 5.60. The van der Waals surface area contributed by atoms with E-state index in [1.54, 1.807) is 24.3 Å². The monoisotopic (exact) mass is 309 g/mol. The second kappa shape index (κ2) is 5.65. The van der Waals surface area contributed by atoms with Crippen LogP contribution in [0.4, 0.5) is 0 Å². The quantitative estimate of drug-likeness (QED) is 0.804. The molecule has 1 saturated carbocycles. The van der Waals surface area contributed by atoms with Gasteiger partial charge in [0, 0.05) is 27.8 Å². The van der Waals surface area contributed by atoms with Gasteiger partial charge in [-0.15, -0.1) is 0 Å². The summed E-state index contributed by atoms with van der Waals surface area (Å²) >= 11 is 3.31. The topological polar surface area (TPSA) is 57.2 Å². The average molecular weight is 310 g/mol. The number of halogens is 1. The van der Waals surface area contributed by atoms with Gasteiger partial charge < -0.3 is 9.90 Å². The summed E-state index contributed by atoms with van der Waals surface area (Å²) in [6, 6.07) is 7.05. The summed E-state index contributed by atoms with van der Waals surface area (Å²) < 4.78 is 0.902. The fraction of sp³-hybridized carbons (Fsp3) is 0.429. The molecule has 0 N–H and O–H groups in total. The molecule has 0 saturated heterocycles. The maximum absolute atomic E-state index is 12.3. The van der Waals surface area contributed by atoms with Gasteiger partial charge in [-0.25, -0.2) is 0 Å². The number of rotatable bonds is 3. The highest BCUT2D eigenvalue weighted by atomic mass is 79.9. The molecule has 0 unspecified atom stereocenters. The molecule has 0 bridgehead atoms. The lowest BCUT2D eigenvalue weighted by Gasteiger charge is -2.31. The van der Waals surface area contributed by atoms with Crippen LogP contribution in [0.2, 0.25) is 0 Å². The Kier molecular flexibility index (Phi) is 4.17. The Balaban J connectivity index is 2.20. The minimum absolute atomic E-state index is 0.0728. The Morgan fingerprint density at radius 1 is 1.06 bits per heavy atom. The first-order chi connectivity index (χ1) is 8.59. The molecule has 0 aliphatic heterocycles. The number of carbonyl (C=O) groups is 2. The maximum Gasteiger partial charge on any atom is 0.166 e. The van der Waals surface area contributed by atoms with E-state index in [4.69, 9.17) is 0 Å². The first kappa shape index (κ1) is 13.3. The van der Waals surface area contributed by atoms with Gasteiger partial charge >= 0.3 is 0 Å². The average Bonchev–Trinajstić information content (AvgIpc) is 2.39. The summed E-state index contributed by atoms with van der Waals surface area (Å²) in [5.74, 6) is -2.22. The molecule has 0 spiro atoms. The molecule has 0 aromatic heterocycles. The van der Waals surface area contributed by atoms with Gasteiger partial charge in [-0.2, -0.15) is 0 Å². The molecule has 96 valence electrons. The van der Waals surface area contributed by atoms with E-state index in [1.807, 2.05) is 0 Å². The summed E-state index contributed by atoms with van der Waals surface area (Å²) in [7, 11) is 0. The van der Waals surface area contributed by atoms with Gasteiger partial charge in [-0.1, -0.05) is 40.9 Å². The van der Waals surface area contributed by atoms with E-state index >= 15 is 0 Å². The summed E-state index contributed by atoms with van der Waals surface area (Å²) in [5, 5.41) is 11.1. The lowest BCUT2D eigenvalue weighted by Crippen LogP contribution is -2.40. The van der Waals surface area contributed by atoms with Gasteiger partial charge in [0.05, 0.1) is 0 Å². The van der Waals surface area contributed by atoms with Crippen molar-refractivity contribution in [1.82, 2.24) is 0 Å². The summed E-state index contributed by atoms with van der Waals surface area (Å²) in [4.78, 5) is 23.4. The van der Waals surface area contributed by atoms with E-state index in [0.29, 0.717) is 18.4 Å². The number of benzene rings is 1. The molecule has 0 radical (unpaired) electrons. The molecule has 0 heterocycles. The van der Waals surface area contributed by atoms with Crippen LogP contribution in [0.25, 0.3) is 0 Å². The van der Waals surface area contributed by atoms with Crippen molar-refractivity contribution in [2.45, 2.75) is 25.7 Å². The molecular formula is C14H14BrO3-. The van der Waals surface area contributed by atoms with Crippen molar-refractivity contribution < 1.29 is 14.7 Å². The van der Waals surface area contributed by atoms with Crippen molar-refractivity contribution in [3.8, 4) is 0 Å². The maximum atomic E-state index is 12.3. The Hall–Kier alpha value is -1.16. The summed E-state index contributed by atoms with van der Waals surface area (Å²) in [6.07, 6.45) is 2.97. The minimum Gasteiger partial charge on any atom is -0.550 e. The molecule has 1 aliphatic rings. The predicted octanol–water partition coefficient (Wildman–Crippen LogP) is 2.19. The normalized spacial score (nSPS) is 23.6. The third-order valence-electron chi connectivity index (χ3n) is 3.53. The highest BCUT2D eigenvalue weighted by Gasteiger charge is 2.32. The number of ketones is 1. The first-order valence-corrected chi connectivity index (χ1v) is 6.89. The van der Waals surface area contributed by atoms with Gasteiger partial charge in [0.25, 0.3) is 0 Å². The molecule has 1 aliphatic carbocycles. The lowest BCUT2D eigenvalue weighted by atomic mass is 9.75. The van der Waals surface area contributed by atoms with Crippen molar-refractivity contribution in [3.05, 3.63) is 34.3 Å². The SMILES string of the molecule is O=C([O-])[C@H]1CCCC[C@@H]1C(=O)c1ccc(Br)cc1. The Morgan fingerprint density at radius 3 is 2.17 bits per heavy atom. The second-order valence-electron chi connectivity index (χ2n) is 4.69. The number of aliphatic carboxylic acids is 1. The Bertz CT molecular complexity index is 453. The number of carboxylic acid groups (broad SMARTS) is 1. The number of Topliss-reactive ketones (excluding diaryl/α,β-unsaturated/α-hetero) is 1. The van der Waals surface area contributed by atoms with Crippen LogP contribution < -0.4 is 5.11 Å². The van der Waals surface area contributed by atoms with Gasteiger partial charge in [-0.05, 0) is 25.0 Å². The highest BCUT2D eigenvalue weighted by Crippen LogP contribution is 2.32. The Labute approximate surface area is 114 Å². The summed E-state index contributed by atoms with van der Waals surface area (Å²) in [6.45, 7) is 0. The van der Waals surface area contributed by atoms with E-state index in [-0.39, 0.29) is 5.78 Å². The third-order valence-corrected chi connectivity index (χ3v) is 4.06. The molecule has 18 heavy (non-hydrogen) atoms. The van der Waals surface area contributed by atoms with Gasteiger partial charge in [-0.3, -0.25) is 4.79 Å². The van der Waals surface area contributed by atoms with Crippen molar-refractivity contribution in [3.63, 3.8) is 0 Å². The van der Waals surface area contributed by atoms with E-state index in [0.717, 1.165) is 17.3 Å². The largest absolute Gasteiger partial charge is 0.550 e. The van der Waals surface area contributed by atoms with E-state index in [2.05, 4.69) is 15.9 Å². The zero-order valence-corrected chi connectivity index (χ0v) is 11.5. The van der Waals surface area contributed by atoms with Crippen molar-refractivity contribution in [1.29, 1.82) is 0 Å². The molecule has 1 aromatic carbocycles. The van der Waals surface area contributed by atoms with E-state index in [9.17, 15) is 14.7 Å². The van der Waals surface area contributed by atoms with Crippen LogP contribution in [-0.4, -0.2) is 11.8 Å². The van der Waals surface area contributed by atoms with E-state index in [1.165, 1.54) is 0 Å². The smallest absolute Gasteiger partial charge is 0.166 e. The lowest BCUT2D eigenvalue weighted by molar-refractivity contribution is -0.313. The van der Waals surface area contributed by atoms with Crippen molar-refractivity contribution in [2.75, 3.05) is 0 Å². The van der Waals surface area contributed by atoms with Crippen LogP contribution in [0.5, 0.6) is 0 Å².